The molecule has 1 unspecified atom stereocenters. The lowest BCUT2D eigenvalue weighted by Gasteiger charge is -2.02. The normalized spacial score (nSPS) is 22.1. The van der Waals surface area contributed by atoms with Gasteiger partial charge < -0.3 is 14.2 Å². The third kappa shape index (κ3) is 5.18. The first-order chi connectivity index (χ1) is 5.43. The molecule has 0 N–H and O–H groups in total. The van der Waals surface area contributed by atoms with Crippen molar-refractivity contribution >= 4 is 0 Å². The van der Waals surface area contributed by atoms with Gasteiger partial charge in [0.2, 0.25) is 0 Å². The molecule has 0 spiro atoms. The Bertz CT molecular complexity index is 91.3. The summed E-state index contributed by atoms with van der Waals surface area (Å²) in [7, 11) is 0. The van der Waals surface area contributed by atoms with Crippen molar-refractivity contribution in [3.05, 3.63) is 0 Å². The van der Waals surface area contributed by atoms with Gasteiger partial charge in [0.05, 0.1) is 13.2 Å². The van der Waals surface area contributed by atoms with Crippen LogP contribution < -0.4 is 0 Å². The molecule has 3 nitrogen and oxygen atoms in total. The highest BCUT2D eigenvalue weighted by Crippen LogP contribution is 2.08. The molecule has 0 saturated carbocycles. The minimum atomic E-state index is 0.352. The van der Waals surface area contributed by atoms with Crippen LogP contribution in [0.3, 0.4) is 0 Å². The summed E-state index contributed by atoms with van der Waals surface area (Å²) >= 11 is 0. The molecule has 0 amide bonds. The largest absolute Gasteiger partial charge is 0.371 e. The summed E-state index contributed by atoms with van der Waals surface area (Å²) in [6.07, 6.45) is 2.64. The van der Waals surface area contributed by atoms with Crippen molar-refractivity contribution in [2.24, 2.45) is 0 Å². The Labute approximate surface area is 67.6 Å². The molecule has 0 radical (unpaired) electrons. The first-order valence-corrected chi connectivity index (χ1v) is 4.20. The topological polar surface area (TPSA) is 31.0 Å². The van der Waals surface area contributed by atoms with E-state index in [9.17, 15) is 0 Å². The van der Waals surface area contributed by atoms with Crippen LogP contribution in [-0.4, -0.2) is 32.7 Å². The summed E-state index contributed by atoms with van der Waals surface area (Å²) in [5.41, 5.74) is 0. The predicted octanol–water partition coefficient (Wildman–Crippen LogP) is 1.18. The molecule has 66 valence electrons. The highest BCUT2D eigenvalue weighted by Gasteiger charge is 2.21. The van der Waals surface area contributed by atoms with Gasteiger partial charge in [-0.3, -0.25) is 0 Å². The lowest BCUT2D eigenvalue weighted by Crippen LogP contribution is -2.06. The smallest absolute Gasteiger partial charge is 0.146 e. The third-order valence-electron chi connectivity index (χ3n) is 1.52. The van der Waals surface area contributed by atoms with E-state index in [-0.39, 0.29) is 0 Å². The van der Waals surface area contributed by atoms with Crippen LogP contribution in [0.15, 0.2) is 0 Å². The molecule has 3 heteroatoms. The van der Waals surface area contributed by atoms with Crippen LogP contribution in [0, 0.1) is 0 Å². The van der Waals surface area contributed by atoms with E-state index in [1.807, 2.05) is 0 Å². The minimum absolute atomic E-state index is 0.352. The van der Waals surface area contributed by atoms with Crippen LogP contribution in [-0.2, 0) is 14.2 Å². The average molecular weight is 160 g/mol. The Hall–Kier alpha value is -0.120. The van der Waals surface area contributed by atoms with Gasteiger partial charge >= 0.3 is 0 Å². The van der Waals surface area contributed by atoms with Crippen LogP contribution in [0.5, 0.6) is 0 Å². The third-order valence-corrected chi connectivity index (χ3v) is 1.52. The second-order valence-electron chi connectivity index (χ2n) is 2.71. The second kappa shape index (κ2) is 5.52. The fraction of sp³-hybridized carbons (Fsp3) is 1.00. The molecule has 1 aliphatic rings. The Morgan fingerprint density at radius 1 is 1.45 bits per heavy atom. The minimum Gasteiger partial charge on any atom is -0.371 e. The quantitative estimate of drug-likeness (QED) is 0.318. The maximum absolute atomic E-state index is 5.17. The lowest BCUT2D eigenvalue weighted by atomic mass is 10.4. The van der Waals surface area contributed by atoms with E-state index in [4.69, 9.17) is 14.2 Å². The zero-order valence-electron chi connectivity index (χ0n) is 7.04. The maximum Gasteiger partial charge on any atom is 0.146 e. The number of epoxide rings is 1. The van der Waals surface area contributed by atoms with Crippen molar-refractivity contribution in [1.29, 1.82) is 0 Å². The molecular formula is C8H16O3. The van der Waals surface area contributed by atoms with E-state index in [2.05, 4.69) is 6.92 Å². The molecule has 0 aromatic rings. The SMILES string of the molecule is CCCCOCOCC1CO1. The summed E-state index contributed by atoms with van der Waals surface area (Å²) in [4.78, 5) is 0. The highest BCUT2D eigenvalue weighted by atomic mass is 16.7. The fourth-order valence-corrected chi connectivity index (χ4v) is 0.708. The molecule has 1 fully saturated rings. The van der Waals surface area contributed by atoms with Gasteiger partial charge in [-0.05, 0) is 6.42 Å². The van der Waals surface area contributed by atoms with Gasteiger partial charge in [0.15, 0.2) is 0 Å². The van der Waals surface area contributed by atoms with Gasteiger partial charge in [-0.1, -0.05) is 13.3 Å². The Balaban J connectivity index is 1.66. The van der Waals surface area contributed by atoms with Crippen molar-refractivity contribution in [3.8, 4) is 0 Å². The fourth-order valence-electron chi connectivity index (χ4n) is 0.708. The van der Waals surface area contributed by atoms with Crippen molar-refractivity contribution in [1.82, 2.24) is 0 Å². The zero-order chi connectivity index (χ0) is 7.94. The van der Waals surface area contributed by atoms with E-state index >= 15 is 0 Å². The van der Waals surface area contributed by atoms with Gasteiger partial charge in [-0.2, -0.15) is 0 Å². The van der Waals surface area contributed by atoms with Crippen LogP contribution in [0.1, 0.15) is 19.8 Å². The summed E-state index contributed by atoms with van der Waals surface area (Å²) in [5, 5.41) is 0. The van der Waals surface area contributed by atoms with Crippen molar-refractivity contribution in [2.45, 2.75) is 25.9 Å². The molecule has 1 saturated heterocycles. The summed E-state index contributed by atoms with van der Waals surface area (Å²) < 4.78 is 15.3. The highest BCUT2D eigenvalue weighted by molar-refractivity contribution is 4.66. The number of hydrogen-bond acceptors (Lipinski definition) is 3. The van der Waals surface area contributed by atoms with Crippen molar-refractivity contribution in [3.63, 3.8) is 0 Å². The van der Waals surface area contributed by atoms with E-state index in [0.717, 1.165) is 19.6 Å². The Morgan fingerprint density at radius 2 is 2.27 bits per heavy atom. The number of ether oxygens (including phenoxy) is 3. The van der Waals surface area contributed by atoms with E-state index in [0.29, 0.717) is 19.5 Å². The molecule has 1 rings (SSSR count). The van der Waals surface area contributed by atoms with Gasteiger partial charge in [-0.15, -0.1) is 0 Å². The summed E-state index contributed by atoms with van der Waals surface area (Å²) in [5.74, 6) is 0. The molecule has 0 bridgehead atoms. The number of rotatable bonds is 7. The first-order valence-electron chi connectivity index (χ1n) is 4.20. The standard InChI is InChI=1S/C8H16O3/c1-2-3-4-9-7-10-5-8-6-11-8/h8H,2-7H2,1H3. The summed E-state index contributed by atoms with van der Waals surface area (Å²) in [6.45, 7) is 4.91. The molecule has 1 aliphatic heterocycles. The van der Waals surface area contributed by atoms with Crippen molar-refractivity contribution in [2.75, 3.05) is 26.6 Å². The van der Waals surface area contributed by atoms with Gasteiger partial charge in [-0.25, -0.2) is 0 Å². The molecular weight excluding hydrogens is 144 g/mol. The molecule has 11 heavy (non-hydrogen) atoms. The van der Waals surface area contributed by atoms with Gasteiger partial charge in [0, 0.05) is 6.61 Å². The number of unbranched alkanes of at least 4 members (excludes halogenated alkanes) is 1. The molecule has 1 atom stereocenters. The summed E-state index contributed by atoms with van der Waals surface area (Å²) in [6, 6.07) is 0. The zero-order valence-corrected chi connectivity index (χ0v) is 7.04. The van der Waals surface area contributed by atoms with Crippen LogP contribution in [0.2, 0.25) is 0 Å². The van der Waals surface area contributed by atoms with Crippen molar-refractivity contribution < 1.29 is 14.2 Å². The number of hydrogen-bond donors (Lipinski definition) is 0. The lowest BCUT2D eigenvalue weighted by molar-refractivity contribution is -0.0581. The van der Waals surface area contributed by atoms with Crippen LogP contribution in [0.4, 0.5) is 0 Å². The molecule has 0 aliphatic carbocycles. The van der Waals surface area contributed by atoms with E-state index in [1.165, 1.54) is 6.42 Å². The van der Waals surface area contributed by atoms with E-state index in [1.54, 1.807) is 0 Å². The Kier molecular flexibility index (Phi) is 4.50. The molecule has 0 aromatic heterocycles. The van der Waals surface area contributed by atoms with Gasteiger partial charge in [0.25, 0.3) is 0 Å². The van der Waals surface area contributed by atoms with Crippen LogP contribution in [0.25, 0.3) is 0 Å². The molecule has 1 heterocycles. The maximum atomic E-state index is 5.17. The monoisotopic (exact) mass is 160 g/mol. The first kappa shape index (κ1) is 8.97. The second-order valence-corrected chi connectivity index (χ2v) is 2.71. The average Bonchev–Trinajstić information content (AvgIpc) is 2.80. The molecule has 0 aromatic carbocycles. The van der Waals surface area contributed by atoms with Gasteiger partial charge in [0.1, 0.15) is 12.9 Å². The predicted molar refractivity (Wildman–Crippen MR) is 41.4 cm³/mol. The van der Waals surface area contributed by atoms with Crippen LogP contribution >= 0.6 is 0 Å². The Morgan fingerprint density at radius 3 is 2.91 bits per heavy atom. The van der Waals surface area contributed by atoms with E-state index < -0.39 is 0 Å².